The van der Waals surface area contributed by atoms with E-state index in [0.717, 1.165) is 0 Å². The fraction of sp³-hybridized carbons (Fsp3) is 0.692. The highest BCUT2D eigenvalue weighted by Crippen LogP contribution is 2.06. The Bertz CT molecular complexity index is 138. The summed E-state index contributed by atoms with van der Waals surface area (Å²) >= 11 is 0. The molecule has 0 aliphatic carbocycles. The second-order valence-electron chi connectivity index (χ2n) is 3.53. The molecule has 0 atom stereocenters. The van der Waals surface area contributed by atoms with Crippen molar-refractivity contribution in [2.75, 3.05) is 6.61 Å². The van der Waals surface area contributed by atoms with E-state index in [1.807, 2.05) is 0 Å². The highest BCUT2D eigenvalue weighted by molar-refractivity contribution is 4.81. The molecule has 0 spiro atoms. The van der Waals surface area contributed by atoms with Crippen LogP contribution >= 0.6 is 0 Å². The Kier molecular flexibility index (Phi) is 11.6. The summed E-state index contributed by atoms with van der Waals surface area (Å²) in [6.07, 6.45) is 15.1. The van der Waals surface area contributed by atoms with Crippen LogP contribution in [0.25, 0.3) is 0 Å². The van der Waals surface area contributed by atoms with Crippen molar-refractivity contribution < 1.29 is 4.74 Å². The molecule has 0 N–H and O–H groups in total. The van der Waals surface area contributed by atoms with Crippen molar-refractivity contribution in [3.05, 3.63) is 25.0 Å². The van der Waals surface area contributed by atoms with Crippen LogP contribution < -0.4 is 0 Å². The van der Waals surface area contributed by atoms with Crippen LogP contribution in [-0.2, 0) is 4.74 Å². The largest absolute Gasteiger partial charge is 0.498 e. The SMILES string of the molecule is C=COCC=CCCCCCCCC. The van der Waals surface area contributed by atoms with Crippen LogP contribution in [0.15, 0.2) is 25.0 Å². The van der Waals surface area contributed by atoms with Gasteiger partial charge in [0, 0.05) is 0 Å². The Morgan fingerprint density at radius 1 is 1.00 bits per heavy atom. The third kappa shape index (κ3) is 11.3. The van der Waals surface area contributed by atoms with Gasteiger partial charge in [-0.05, 0) is 12.8 Å². The first-order valence-electron chi connectivity index (χ1n) is 5.79. The molecule has 0 aromatic heterocycles. The van der Waals surface area contributed by atoms with Gasteiger partial charge in [-0.25, -0.2) is 0 Å². The van der Waals surface area contributed by atoms with Gasteiger partial charge in [0.25, 0.3) is 0 Å². The molecule has 0 rings (SSSR count). The lowest BCUT2D eigenvalue weighted by molar-refractivity contribution is 0.291. The van der Waals surface area contributed by atoms with E-state index in [9.17, 15) is 0 Å². The number of hydrogen-bond acceptors (Lipinski definition) is 1. The molecule has 0 fully saturated rings. The minimum atomic E-state index is 0.666. The number of unbranched alkanes of at least 4 members (excludes halogenated alkanes) is 6. The second kappa shape index (κ2) is 12.3. The van der Waals surface area contributed by atoms with Crippen molar-refractivity contribution >= 4 is 0 Å². The highest BCUT2D eigenvalue weighted by Gasteiger charge is 1.87. The van der Waals surface area contributed by atoms with Crippen LogP contribution in [0.5, 0.6) is 0 Å². The smallest absolute Gasteiger partial charge is 0.105 e. The van der Waals surface area contributed by atoms with Gasteiger partial charge in [-0.1, -0.05) is 57.8 Å². The molecule has 0 amide bonds. The van der Waals surface area contributed by atoms with Crippen molar-refractivity contribution in [2.24, 2.45) is 0 Å². The molecule has 0 heterocycles. The van der Waals surface area contributed by atoms with E-state index in [4.69, 9.17) is 4.74 Å². The molecule has 14 heavy (non-hydrogen) atoms. The molecule has 0 aromatic carbocycles. The molecule has 0 aromatic rings. The Morgan fingerprint density at radius 2 is 1.71 bits per heavy atom. The maximum atomic E-state index is 4.97. The molecular formula is C13H24O. The zero-order valence-corrected chi connectivity index (χ0v) is 9.50. The Hall–Kier alpha value is -0.720. The van der Waals surface area contributed by atoms with Gasteiger partial charge in [0.15, 0.2) is 0 Å². The molecule has 0 unspecified atom stereocenters. The quantitative estimate of drug-likeness (QED) is 0.285. The average Bonchev–Trinajstić information content (AvgIpc) is 2.21. The standard InChI is InChI=1S/C13H24O/c1-3-5-6-7-8-9-10-11-12-13-14-4-2/h4,11-12H,2-3,5-10,13H2,1H3. The van der Waals surface area contributed by atoms with Gasteiger partial charge in [-0.3, -0.25) is 0 Å². The van der Waals surface area contributed by atoms with Crippen LogP contribution in [0, 0.1) is 0 Å². The first-order valence-corrected chi connectivity index (χ1v) is 5.79. The van der Waals surface area contributed by atoms with Crippen LogP contribution in [0.3, 0.4) is 0 Å². The minimum absolute atomic E-state index is 0.666. The number of rotatable bonds is 10. The molecular weight excluding hydrogens is 172 g/mol. The third-order valence-corrected chi connectivity index (χ3v) is 2.20. The van der Waals surface area contributed by atoms with Gasteiger partial charge in [0.1, 0.15) is 6.61 Å². The van der Waals surface area contributed by atoms with E-state index in [-0.39, 0.29) is 0 Å². The molecule has 0 saturated carbocycles. The van der Waals surface area contributed by atoms with Crippen molar-refractivity contribution in [2.45, 2.75) is 51.9 Å². The molecule has 1 heteroatoms. The zero-order valence-electron chi connectivity index (χ0n) is 9.50. The van der Waals surface area contributed by atoms with Crippen molar-refractivity contribution in [1.82, 2.24) is 0 Å². The lowest BCUT2D eigenvalue weighted by atomic mass is 10.1. The van der Waals surface area contributed by atoms with E-state index in [1.54, 1.807) is 0 Å². The van der Waals surface area contributed by atoms with Gasteiger partial charge < -0.3 is 4.74 Å². The number of hydrogen-bond donors (Lipinski definition) is 0. The monoisotopic (exact) mass is 196 g/mol. The average molecular weight is 196 g/mol. The molecule has 0 aliphatic rings. The van der Waals surface area contributed by atoms with Crippen molar-refractivity contribution in [3.63, 3.8) is 0 Å². The molecule has 0 bridgehead atoms. The summed E-state index contributed by atoms with van der Waals surface area (Å²) in [5.74, 6) is 0. The normalized spacial score (nSPS) is 10.6. The van der Waals surface area contributed by atoms with E-state index in [0.29, 0.717) is 6.61 Å². The summed E-state index contributed by atoms with van der Waals surface area (Å²) < 4.78 is 4.97. The Balaban J connectivity index is 2.97. The summed E-state index contributed by atoms with van der Waals surface area (Å²) in [6, 6.07) is 0. The van der Waals surface area contributed by atoms with Gasteiger partial charge >= 0.3 is 0 Å². The summed E-state index contributed by atoms with van der Waals surface area (Å²) in [7, 11) is 0. The fourth-order valence-corrected chi connectivity index (χ4v) is 1.35. The number of allylic oxidation sites excluding steroid dienone is 1. The Morgan fingerprint density at radius 3 is 2.43 bits per heavy atom. The van der Waals surface area contributed by atoms with Gasteiger partial charge in [0.2, 0.25) is 0 Å². The topological polar surface area (TPSA) is 9.23 Å². The summed E-state index contributed by atoms with van der Waals surface area (Å²) in [6.45, 7) is 6.40. The predicted molar refractivity (Wildman–Crippen MR) is 63.3 cm³/mol. The zero-order chi connectivity index (χ0) is 10.5. The lowest BCUT2D eigenvalue weighted by Crippen LogP contribution is -1.80. The van der Waals surface area contributed by atoms with E-state index >= 15 is 0 Å². The van der Waals surface area contributed by atoms with Crippen molar-refractivity contribution in [1.29, 1.82) is 0 Å². The maximum absolute atomic E-state index is 4.97. The summed E-state index contributed by atoms with van der Waals surface area (Å²) in [4.78, 5) is 0. The van der Waals surface area contributed by atoms with Crippen molar-refractivity contribution in [3.8, 4) is 0 Å². The van der Waals surface area contributed by atoms with Crippen LogP contribution in [0.1, 0.15) is 51.9 Å². The summed E-state index contributed by atoms with van der Waals surface area (Å²) in [5.41, 5.74) is 0. The van der Waals surface area contributed by atoms with Gasteiger partial charge in [0.05, 0.1) is 6.26 Å². The summed E-state index contributed by atoms with van der Waals surface area (Å²) in [5, 5.41) is 0. The van der Waals surface area contributed by atoms with E-state index < -0.39 is 0 Å². The van der Waals surface area contributed by atoms with Gasteiger partial charge in [-0.15, -0.1) is 0 Å². The number of ether oxygens (including phenoxy) is 1. The Labute approximate surface area is 88.9 Å². The molecule has 1 nitrogen and oxygen atoms in total. The third-order valence-electron chi connectivity index (χ3n) is 2.20. The lowest BCUT2D eigenvalue weighted by Gasteiger charge is -1.97. The molecule has 0 saturated heterocycles. The minimum Gasteiger partial charge on any atom is -0.498 e. The molecule has 0 radical (unpaired) electrons. The molecule has 82 valence electrons. The first-order chi connectivity index (χ1) is 6.91. The molecule has 0 aliphatic heterocycles. The van der Waals surface area contributed by atoms with E-state index in [1.165, 1.54) is 51.2 Å². The van der Waals surface area contributed by atoms with Crippen LogP contribution in [0.4, 0.5) is 0 Å². The van der Waals surface area contributed by atoms with Gasteiger partial charge in [-0.2, -0.15) is 0 Å². The van der Waals surface area contributed by atoms with Crippen LogP contribution in [-0.4, -0.2) is 6.61 Å². The maximum Gasteiger partial charge on any atom is 0.105 e. The highest BCUT2D eigenvalue weighted by atomic mass is 16.5. The second-order valence-corrected chi connectivity index (χ2v) is 3.53. The first kappa shape index (κ1) is 13.3. The predicted octanol–water partition coefficient (Wildman–Crippen LogP) is 4.45. The fourth-order valence-electron chi connectivity index (χ4n) is 1.35. The van der Waals surface area contributed by atoms with Crippen LogP contribution in [0.2, 0.25) is 0 Å². The van der Waals surface area contributed by atoms with E-state index in [2.05, 4.69) is 25.7 Å².